The number of hydrogen-bond acceptors (Lipinski definition) is 2. The highest BCUT2D eigenvalue weighted by atomic mass is 15.2. The third-order valence-electron chi connectivity index (χ3n) is 5.17. The van der Waals surface area contributed by atoms with E-state index >= 15 is 0 Å². The van der Waals surface area contributed by atoms with Gasteiger partial charge in [0.15, 0.2) is 0 Å². The molecule has 1 N–H and O–H groups in total. The number of fused-ring (bicyclic) bond motifs is 2. The van der Waals surface area contributed by atoms with Crippen LogP contribution in [0.3, 0.4) is 0 Å². The third-order valence-corrected chi connectivity index (χ3v) is 5.17. The van der Waals surface area contributed by atoms with E-state index in [2.05, 4.69) is 31.1 Å². The molecule has 0 aromatic carbocycles. The predicted molar refractivity (Wildman–Crippen MR) is 78.9 cm³/mol. The molecule has 106 valence electrons. The van der Waals surface area contributed by atoms with E-state index in [1.807, 2.05) is 0 Å². The van der Waals surface area contributed by atoms with Crippen LogP contribution in [0.4, 0.5) is 0 Å². The Kier molecular flexibility index (Phi) is 5.50. The number of rotatable bonds is 7. The van der Waals surface area contributed by atoms with Gasteiger partial charge in [0.2, 0.25) is 0 Å². The van der Waals surface area contributed by atoms with Crippen molar-refractivity contribution in [1.82, 2.24) is 10.2 Å². The molecule has 0 amide bonds. The highest BCUT2D eigenvalue weighted by molar-refractivity contribution is 4.94. The Bertz CT molecular complexity index is 221. The summed E-state index contributed by atoms with van der Waals surface area (Å²) in [6.07, 6.45) is 11.1. The molecule has 2 unspecified atom stereocenters. The Morgan fingerprint density at radius 1 is 1.06 bits per heavy atom. The van der Waals surface area contributed by atoms with Gasteiger partial charge in [0.25, 0.3) is 0 Å². The van der Waals surface area contributed by atoms with E-state index in [1.54, 1.807) is 0 Å². The minimum Gasteiger partial charge on any atom is -0.314 e. The van der Waals surface area contributed by atoms with Gasteiger partial charge in [-0.1, -0.05) is 26.7 Å². The first-order valence-electron chi connectivity index (χ1n) is 8.19. The van der Waals surface area contributed by atoms with Crippen LogP contribution in [0.15, 0.2) is 0 Å². The van der Waals surface area contributed by atoms with Crippen molar-refractivity contribution in [3.05, 3.63) is 0 Å². The second-order valence-corrected chi connectivity index (χ2v) is 6.57. The summed E-state index contributed by atoms with van der Waals surface area (Å²) in [5.74, 6) is 0.940. The molecule has 2 aliphatic rings. The summed E-state index contributed by atoms with van der Waals surface area (Å²) in [4.78, 5) is 2.64. The van der Waals surface area contributed by atoms with Gasteiger partial charge in [0.05, 0.1) is 0 Å². The molecule has 2 heterocycles. The molecule has 0 saturated carbocycles. The van der Waals surface area contributed by atoms with Crippen LogP contribution in [0.2, 0.25) is 0 Å². The van der Waals surface area contributed by atoms with Gasteiger partial charge >= 0.3 is 0 Å². The fraction of sp³-hybridized carbons (Fsp3) is 1.00. The highest BCUT2D eigenvalue weighted by Gasteiger charge is 2.38. The maximum atomic E-state index is 3.86. The standard InChI is InChI=1S/C16H32N2/c1-4-6-14(7-5-2)17-12-13-10-15-8-9-16(11-13)18(15)3/h13-17H,4-12H2,1-3H3. The minimum atomic E-state index is 0.775. The van der Waals surface area contributed by atoms with Crippen LogP contribution >= 0.6 is 0 Å². The second-order valence-electron chi connectivity index (χ2n) is 6.57. The molecule has 0 spiro atoms. The van der Waals surface area contributed by atoms with Crippen molar-refractivity contribution in [2.45, 2.75) is 83.3 Å². The zero-order valence-corrected chi connectivity index (χ0v) is 12.6. The summed E-state index contributed by atoms with van der Waals surface area (Å²) < 4.78 is 0. The molecular weight excluding hydrogens is 220 g/mol. The Balaban J connectivity index is 1.73. The van der Waals surface area contributed by atoms with Crippen molar-refractivity contribution in [2.24, 2.45) is 5.92 Å². The molecular formula is C16H32N2. The Labute approximate surface area is 114 Å². The van der Waals surface area contributed by atoms with Gasteiger partial charge in [-0.2, -0.15) is 0 Å². The van der Waals surface area contributed by atoms with Gasteiger partial charge in [0, 0.05) is 18.1 Å². The molecule has 2 bridgehead atoms. The fourth-order valence-corrected chi connectivity index (χ4v) is 4.07. The lowest BCUT2D eigenvalue weighted by Gasteiger charge is -2.37. The predicted octanol–water partition coefficient (Wildman–Crippen LogP) is 3.42. The zero-order valence-electron chi connectivity index (χ0n) is 12.6. The van der Waals surface area contributed by atoms with E-state index in [-0.39, 0.29) is 0 Å². The van der Waals surface area contributed by atoms with Gasteiger partial charge in [-0.25, -0.2) is 0 Å². The molecule has 0 aromatic rings. The summed E-state index contributed by atoms with van der Waals surface area (Å²) >= 11 is 0. The van der Waals surface area contributed by atoms with Gasteiger partial charge in [0.1, 0.15) is 0 Å². The molecule has 2 atom stereocenters. The van der Waals surface area contributed by atoms with Gasteiger partial charge in [-0.15, -0.1) is 0 Å². The number of nitrogens with zero attached hydrogens (tertiary/aromatic N) is 1. The first-order valence-corrected chi connectivity index (χ1v) is 8.19. The highest BCUT2D eigenvalue weighted by Crippen LogP contribution is 2.37. The van der Waals surface area contributed by atoms with E-state index in [9.17, 15) is 0 Å². The van der Waals surface area contributed by atoms with Crippen LogP contribution < -0.4 is 5.32 Å². The first kappa shape index (κ1) is 14.3. The van der Waals surface area contributed by atoms with Crippen molar-refractivity contribution in [3.63, 3.8) is 0 Å². The largest absolute Gasteiger partial charge is 0.314 e. The van der Waals surface area contributed by atoms with Crippen LogP contribution in [0.1, 0.15) is 65.2 Å². The summed E-state index contributed by atoms with van der Waals surface area (Å²) in [6.45, 7) is 5.88. The van der Waals surface area contributed by atoms with Crippen LogP contribution in [-0.4, -0.2) is 36.6 Å². The average Bonchev–Trinajstić information content (AvgIpc) is 2.60. The molecule has 2 rings (SSSR count). The van der Waals surface area contributed by atoms with Crippen molar-refractivity contribution in [2.75, 3.05) is 13.6 Å². The maximum absolute atomic E-state index is 3.86. The lowest BCUT2D eigenvalue weighted by molar-refractivity contribution is 0.130. The summed E-state index contributed by atoms with van der Waals surface area (Å²) in [6, 6.07) is 2.56. The second kappa shape index (κ2) is 6.91. The van der Waals surface area contributed by atoms with Crippen molar-refractivity contribution < 1.29 is 0 Å². The van der Waals surface area contributed by atoms with Crippen molar-refractivity contribution in [3.8, 4) is 0 Å². The van der Waals surface area contributed by atoms with Gasteiger partial charge in [-0.05, 0) is 58.0 Å². The molecule has 0 aromatic heterocycles. The molecule has 0 radical (unpaired) electrons. The van der Waals surface area contributed by atoms with Gasteiger partial charge < -0.3 is 10.2 Å². The van der Waals surface area contributed by atoms with Crippen LogP contribution in [0.25, 0.3) is 0 Å². The van der Waals surface area contributed by atoms with Crippen molar-refractivity contribution >= 4 is 0 Å². The van der Waals surface area contributed by atoms with Crippen LogP contribution in [0, 0.1) is 5.92 Å². The summed E-state index contributed by atoms with van der Waals surface area (Å²) in [5.41, 5.74) is 0. The van der Waals surface area contributed by atoms with Crippen LogP contribution in [-0.2, 0) is 0 Å². The van der Waals surface area contributed by atoms with E-state index in [1.165, 1.54) is 57.9 Å². The van der Waals surface area contributed by atoms with E-state index in [0.29, 0.717) is 0 Å². The molecule has 18 heavy (non-hydrogen) atoms. The third kappa shape index (κ3) is 3.48. The van der Waals surface area contributed by atoms with Crippen LogP contribution in [0.5, 0.6) is 0 Å². The smallest absolute Gasteiger partial charge is 0.00988 e. The topological polar surface area (TPSA) is 15.3 Å². The van der Waals surface area contributed by atoms with Gasteiger partial charge in [-0.3, -0.25) is 0 Å². The molecule has 2 aliphatic heterocycles. The minimum absolute atomic E-state index is 0.775. The van der Waals surface area contributed by atoms with E-state index in [4.69, 9.17) is 0 Å². The Morgan fingerprint density at radius 2 is 1.61 bits per heavy atom. The molecule has 2 nitrogen and oxygen atoms in total. The lowest BCUT2D eigenvalue weighted by Crippen LogP contribution is -2.44. The quantitative estimate of drug-likeness (QED) is 0.747. The average molecular weight is 252 g/mol. The molecule has 0 aliphatic carbocycles. The summed E-state index contributed by atoms with van der Waals surface area (Å²) in [7, 11) is 2.34. The lowest BCUT2D eigenvalue weighted by atomic mass is 9.90. The van der Waals surface area contributed by atoms with E-state index in [0.717, 1.165) is 24.0 Å². The van der Waals surface area contributed by atoms with Crippen molar-refractivity contribution in [1.29, 1.82) is 0 Å². The Hall–Kier alpha value is -0.0800. The first-order chi connectivity index (χ1) is 8.74. The van der Waals surface area contributed by atoms with E-state index < -0.39 is 0 Å². The molecule has 2 heteroatoms. The molecule has 2 saturated heterocycles. The monoisotopic (exact) mass is 252 g/mol. The summed E-state index contributed by atoms with van der Waals surface area (Å²) in [5, 5.41) is 3.86. The number of hydrogen-bond donors (Lipinski definition) is 1. The fourth-order valence-electron chi connectivity index (χ4n) is 4.07. The normalized spacial score (nSPS) is 32.3. The number of piperidine rings is 1. The maximum Gasteiger partial charge on any atom is 0.00988 e. The zero-order chi connectivity index (χ0) is 13.0. The molecule has 2 fully saturated rings. The Morgan fingerprint density at radius 3 is 2.11 bits per heavy atom. The number of nitrogens with one attached hydrogen (secondary N) is 1. The SMILES string of the molecule is CCCC(CCC)NCC1CC2CCC(C1)N2C.